The second-order valence-electron chi connectivity index (χ2n) is 18.5. The molecule has 5 aliphatic carbocycles. The van der Waals surface area contributed by atoms with Crippen LogP contribution in [-0.4, -0.2) is 125 Å². The number of ether oxygens (including phenoxy) is 4. The molecule has 0 radical (unpaired) electrons. The zero-order valence-corrected chi connectivity index (χ0v) is 33.5. The first-order valence-electron chi connectivity index (χ1n) is 19.7. The van der Waals surface area contributed by atoms with Gasteiger partial charge in [0.1, 0.15) is 36.3 Å². The number of rotatable bonds is 6. The van der Waals surface area contributed by atoms with E-state index >= 15 is 0 Å². The fourth-order valence-corrected chi connectivity index (χ4v) is 15.1. The third kappa shape index (κ3) is 4.82. The number of carbonyl (C=O) groups excluding carboxylic acids is 4. The normalized spacial score (nSPS) is 52.5. The second-order valence-corrected chi connectivity index (χ2v) is 20.1. The molecule has 20 heteroatoms. The molecule has 1 unspecified atom stereocenters. The Morgan fingerprint density at radius 3 is 2.19 bits per heavy atom. The predicted octanol–water partition coefficient (Wildman–Crippen LogP) is 0.372. The van der Waals surface area contributed by atoms with Gasteiger partial charge in [0.05, 0.1) is 40.1 Å². The van der Waals surface area contributed by atoms with Crippen molar-refractivity contribution in [2.45, 2.75) is 125 Å². The Balaban J connectivity index is 1.34. The van der Waals surface area contributed by atoms with E-state index in [-0.39, 0.29) is 6.42 Å². The highest BCUT2D eigenvalue weighted by atomic mass is 32.2. The van der Waals surface area contributed by atoms with Crippen molar-refractivity contribution in [2.75, 3.05) is 0 Å². The van der Waals surface area contributed by atoms with Gasteiger partial charge in [-0.15, -0.1) is 0 Å². The van der Waals surface area contributed by atoms with Crippen LogP contribution < -0.4 is 5.32 Å². The van der Waals surface area contributed by atoms with Crippen molar-refractivity contribution in [1.82, 2.24) is 5.32 Å². The first-order chi connectivity index (χ1) is 27.3. The van der Waals surface area contributed by atoms with Gasteiger partial charge in [0.25, 0.3) is 10.1 Å². The molecule has 5 saturated carbocycles. The molecule has 3 saturated heterocycles. The summed E-state index contributed by atoms with van der Waals surface area (Å²) in [5, 5.41) is 52.3. The quantitative estimate of drug-likeness (QED) is 0.147. The van der Waals surface area contributed by atoms with Crippen LogP contribution in [0.1, 0.15) is 48.0 Å². The Morgan fingerprint density at radius 2 is 1.59 bits per heavy atom. The average Bonchev–Trinajstić information content (AvgIpc) is 4.05. The number of alkyl halides is 3. The fourth-order valence-electron chi connectivity index (χ4n) is 14.0. The third-order valence-corrected chi connectivity index (χ3v) is 17.7. The molecule has 21 atom stereocenters. The van der Waals surface area contributed by atoms with Gasteiger partial charge in [0.2, 0.25) is 5.79 Å². The maximum atomic E-state index is 14.8. The molecule has 8 fully saturated rings. The first kappa shape index (κ1) is 41.1. The maximum absolute atomic E-state index is 14.8. The van der Waals surface area contributed by atoms with E-state index in [0.717, 1.165) is 32.9 Å². The zero-order valence-electron chi connectivity index (χ0n) is 32.7. The van der Waals surface area contributed by atoms with Crippen LogP contribution >= 0.6 is 0 Å². The molecule has 3 heterocycles. The molecule has 8 aliphatic rings. The lowest BCUT2D eigenvalue weighted by Gasteiger charge is -2.67. The summed E-state index contributed by atoms with van der Waals surface area (Å²) in [5.41, 5.74) is -8.42. The summed E-state index contributed by atoms with van der Waals surface area (Å²) < 4.78 is 101. The smallest absolute Gasteiger partial charge is 0.459 e. The van der Waals surface area contributed by atoms with Crippen molar-refractivity contribution in [1.29, 1.82) is 0 Å². The number of amides is 1. The van der Waals surface area contributed by atoms with Gasteiger partial charge in [-0.2, -0.15) is 21.6 Å². The lowest BCUT2D eigenvalue weighted by Crippen LogP contribution is -2.78. The number of Topliss-reactive ketones (excluding diaryl/α,β-unsaturated/α-hetero) is 1. The van der Waals surface area contributed by atoms with Gasteiger partial charge in [-0.1, -0.05) is 32.0 Å². The number of aliphatic hydroxyl groups excluding tert-OH is 3. The SMILES string of the molecule is CC(=O)O[C@H]1[C@H]2[C@@H]([C@@H](OS(=O)(=O)c3ccccc3)[C@H](NC(=O)C(F)(F)F)C3C[C@@H]4O[C@@H]4[C@H](O)[C@@]32C)[C@@H]2[C@@H](O)[C@@H]3[C@H]([C@H](C)[C@H]4O[C@]45OC(=O)[C@@](C)(O)[C@]35C)[C@@]2(C(C)=O)[C@H]1O. The van der Waals surface area contributed by atoms with E-state index in [0.29, 0.717) is 0 Å². The first-order valence-corrected chi connectivity index (χ1v) is 21.1. The summed E-state index contributed by atoms with van der Waals surface area (Å²) in [6.45, 7) is 7.75. The van der Waals surface area contributed by atoms with E-state index in [4.69, 9.17) is 23.1 Å². The zero-order chi connectivity index (χ0) is 43.1. The molecule has 9 rings (SSSR count). The molecule has 1 aromatic rings. The molecule has 0 aromatic heterocycles. The number of halogens is 3. The van der Waals surface area contributed by atoms with Crippen LogP contribution in [-0.2, 0) is 52.4 Å². The summed E-state index contributed by atoms with van der Waals surface area (Å²) in [7, 11) is -5.01. The summed E-state index contributed by atoms with van der Waals surface area (Å²) in [6.07, 6.45) is -17.9. The second kappa shape index (κ2) is 12.2. The Labute approximate surface area is 336 Å². The third-order valence-electron chi connectivity index (χ3n) is 16.4. The highest BCUT2D eigenvalue weighted by molar-refractivity contribution is 7.86. The topological polar surface area (TPSA) is 248 Å². The molecule has 1 aromatic carbocycles. The highest BCUT2D eigenvalue weighted by Crippen LogP contribution is 2.81. The van der Waals surface area contributed by atoms with Gasteiger partial charge in [-0.3, -0.25) is 18.6 Å². The van der Waals surface area contributed by atoms with Crippen LogP contribution in [0.4, 0.5) is 13.2 Å². The number of ketones is 1. The van der Waals surface area contributed by atoms with Crippen molar-refractivity contribution in [3.05, 3.63) is 30.3 Å². The van der Waals surface area contributed by atoms with Gasteiger partial charge >= 0.3 is 24.0 Å². The average molecular weight is 858 g/mol. The van der Waals surface area contributed by atoms with Crippen molar-refractivity contribution >= 4 is 33.7 Å². The predicted molar refractivity (Wildman–Crippen MR) is 187 cm³/mol. The minimum atomic E-state index is -5.52. The summed E-state index contributed by atoms with van der Waals surface area (Å²) in [5.74, 6) is -17.1. The number of aliphatic hydroxyl groups is 4. The largest absolute Gasteiger partial charge is 0.471 e. The number of carbonyl (C=O) groups is 4. The summed E-state index contributed by atoms with van der Waals surface area (Å²) in [4.78, 5) is 54.1. The molecule has 0 bridgehead atoms. The molecular weight excluding hydrogens is 811 g/mol. The number of benzene rings is 1. The van der Waals surface area contributed by atoms with Crippen molar-refractivity contribution in [2.24, 2.45) is 57.7 Å². The fraction of sp³-hybridized carbons (Fsp3) is 0.744. The van der Waals surface area contributed by atoms with E-state index < -0.39 is 169 Å². The van der Waals surface area contributed by atoms with Crippen LogP contribution in [0.5, 0.6) is 0 Å². The number of esters is 2. The van der Waals surface area contributed by atoms with Gasteiger partial charge in [0, 0.05) is 36.0 Å². The van der Waals surface area contributed by atoms with E-state index in [1.165, 1.54) is 32.0 Å². The van der Waals surface area contributed by atoms with Gasteiger partial charge in [-0.25, -0.2) is 4.79 Å². The molecule has 5 N–H and O–H groups in total. The minimum absolute atomic E-state index is 0.159. The summed E-state index contributed by atoms with van der Waals surface area (Å²) >= 11 is 0. The van der Waals surface area contributed by atoms with Crippen molar-refractivity contribution in [3.8, 4) is 0 Å². The Hall–Kier alpha value is -3.24. The number of hydrogen-bond acceptors (Lipinski definition) is 15. The van der Waals surface area contributed by atoms with Gasteiger partial charge < -0.3 is 44.7 Å². The molecule has 59 heavy (non-hydrogen) atoms. The Morgan fingerprint density at radius 1 is 0.949 bits per heavy atom. The van der Waals surface area contributed by atoms with E-state index in [1.807, 2.05) is 5.32 Å². The molecule has 16 nitrogen and oxygen atoms in total. The lowest BCUT2D eigenvalue weighted by molar-refractivity contribution is -0.276. The monoisotopic (exact) mass is 857 g/mol. The molecule has 1 amide bonds. The van der Waals surface area contributed by atoms with Crippen LogP contribution in [0, 0.1) is 57.7 Å². The summed E-state index contributed by atoms with van der Waals surface area (Å²) in [6, 6.07) is 4.61. The van der Waals surface area contributed by atoms with Crippen LogP contribution in [0.15, 0.2) is 35.2 Å². The number of epoxide rings is 2. The van der Waals surface area contributed by atoms with Crippen molar-refractivity contribution in [3.63, 3.8) is 0 Å². The molecule has 324 valence electrons. The number of fused-ring (bicyclic) bond motifs is 9. The standard InChI is InChI=1S/C39H46F3NO15S/c1-13-20-23(35(5)36(6,51)33(50)57-38(35)31(13)56-38)25(46)21-19-22(28(54-15(3)45)30(48)37(20,21)14(2)44)34(4)17(12-18-26(55-18)29(34)47)24(43-32(49)39(40,41)42)27(19)58-59(52,53)16-10-8-7-9-11-16/h7-11,13,17-31,46-48,51H,12H2,1-6H3,(H,43,49)/t13-,17?,18-,19-,20-,21+,22+,23-,24+,25+,26-,27+,28-,29-,30-,31+,34-,35-,36+,37+,38-/m0/s1. The van der Waals surface area contributed by atoms with Crippen LogP contribution in [0.25, 0.3) is 0 Å². The van der Waals surface area contributed by atoms with Crippen LogP contribution in [0.3, 0.4) is 0 Å². The van der Waals surface area contributed by atoms with E-state index in [9.17, 15) is 61.2 Å². The van der Waals surface area contributed by atoms with E-state index in [1.54, 1.807) is 6.92 Å². The lowest BCUT2D eigenvalue weighted by atomic mass is 9.39. The molecule has 3 aliphatic heterocycles. The van der Waals surface area contributed by atoms with Crippen molar-refractivity contribution < 1.29 is 84.3 Å². The Bertz CT molecular complexity index is 2140. The maximum Gasteiger partial charge on any atom is 0.471 e. The van der Waals surface area contributed by atoms with Gasteiger partial charge in [-0.05, 0) is 57.1 Å². The highest BCUT2D eigenvalue weighted by Gasteiger charge is 2.94. The Kier molecular flexibility index (Phi) is 8.53. The van der Waals surface area contributed by atoms with Gasteiger partial charge in [0.15, 0.2) is 5.60 Å². The minimum Gasteiger partial charge on any atom is -0.459 e. The van der Waals surface area contributed by atoms with Crippen LogP contribution in [0.2, 0.25) is 0 Å². The number of nitrogens with one attached hydrogen (secondary N) is 1. The number of hydrogen-bond donors (Lipinski definition) is 5. The molecular formula is C39H46F3NO15S. The van der Waals surface area contributed by atoms with E-state index in [2.05, 4.69) is 0 Å². The molecule has 1 spiro atoms.